The lowest BCUT2D eigenvalue weighted by molar-refractivity contribution is 0.665. The van der Waals surface area contributed by atoms with E-state index in [4.69, 9.17) is 8.83 Å². The van der Waals surface area contributed by atoms with Gasteiger partial charge in [-0.15, -0.1) is 0 Å². The summed E-state index contributed by atoms with van der Waals surface area (Å²) in [4.78, 5) is 2.41. The molecule has 11 aromatic carbocycles. The van der Waals surface area contributed by atoms with Crippen LogP contribution in [0.3, 0.4) is 0 Å². The van der Waals surface area contributed by atoms with Crippen molar-refractivity contribution in [1.82, 2.24) is 0 Å². The molecule has 0 spiro atoms. The summed E-state index contributed by atoms with van der Waals surface area (Å²) in [5.74, 6) is 0. The van der Waals surface area contributed by atoms with Gasteiger partial charge in [0.2, 0.25) is 0 Å². The fourth-order valence-electron chi connectivity index (χ4n) is 10.7. The number of hydrogen-bond donors (Lipinski definition) is 0. The predicted molar refractivity (Wildman–Crippen MR) is 296 cm³/mol. The summed E-state index contributed by atoms with van der Waals surface area (Å²) < 4.78 is 14.2. The molecule has 0 fully saturated rings. The Labute approximate surface area is 413 Å². The third kappa shape index (κ3) is 7.75. The van der Waals surface area contributed by atoms with Crippen LogP contribution in [0.5, 0.6) is 0 Å². The van der Waals surface area contributed by atoms with Crippen LogP contribution in [0.1, 0.15) is 22.3 Å². The Morgan fingerprint density at radius 1 is 0.310 bits per heavy atom. The van der Waals surface area contributed by atoms with Crippen LogP contribution in [0.25, 0.3) is 88.4 Å². The van der Waals surface area contributed by atoms with Crippen LogP contribution in [0.15, 0.2) is 270 Å². The van der Waals surface area contributed by atoms with Crippen LogP contribution in [0.4, 0.5) is 17.1 Å². The molecule has 2 aromatic heterocycles. The quantitative estimate of drug-likeness (QED) is 0.129. The van der Waals surface area contributed by atoms with E-state index in [1.54, 1.807) is 0 Å². The molecule has 13 rings (SSSR count). The fraction of sp³-hybridized carbons (Fsp3) is 0.0294. The maximum Gasteiger partial charge on any atom is 0.159 e. The first-order chi connectivity index (χ1) is 35.2. The molecule has 336 valence electrons. The minimum atomic E-state index is 0.756. The van der Waals surface area contributed by atoms with E-state index in [9.17, 15) is 0 Å². The summed E-state index contributed by atoms with van der Waals surface area (Å²) in [5, 5.41) is 4.12. The number of fused-ring (bicyclic) bond motifs is 6. The van der Waals surface area contributed by atoms with Crippen LogP contribution in [-0.4, -0.2) is 0 Å². The molecule has 0 unspecified atom stereocenters. The van der Waals surface area contributed by atoms with Gasteiger partial charge in [0, 0.05) is 38.4 Å². The van der Waals surface area contributed by atoms with E-state index < -0.39 is 0 Å². The highest BCUT2D eigenvalue weighted by molar-refractivity contribution is 6.24. The number of rotatable bonds is 11. The zero-order chi connectivity index (χ0) is 47.1. The molecule has 0 bridgehead atoms. The van der Waals surface area contributed by atoms with Gasteiger partial charge in [0.1, 0.15) is 16.7 Å². The summed E-state index contributed by atoms with van der Waals surface area (Å²) >= 11 is 0. The fourth-order valence-corrected chi connectivity index (χ4v) is 10.7. The van der Waals surface area contributed by atoms with E-state index >= 15 is 0 Å². The molecule has 0 aliphatic rings. The topological polar surface area (TPSA) is 29.5 Å². The SMILES string of the molecule is c1ccc(Cc2ccccc2-c2ccc(N(c3ccccc3-c3ccccc3)c3cccc4c3oc3c(-c5ccc(-c6ccccc6)cc5)c5c(cc34)oc3ccccc35)cc2Cc2ccccc2)cc1. The van der Waals surface area contributed by atoms with E-state index in [2.05, 4.69) is 260 Å². The van der Waals surface area contributed by atoms with Crippen LogP contribution in [-0.2, 0) is 12.8 Å². The smallest absolute Gasteiger partial charge is 0.159 e. The lowest BCUT2D eigenvalue weighted by Gasteiger charge is -2.29. The molecule has 0 saturated carbocycles. The third-order valence-corrected chi connectivity index (χ3v) is 14.0. The molecular formula is C68H47NO2. The second-order valence-electron chi connectivity index (χ2n) is 18.3. The van der Waals surface area contributed by atoms with Crippen molar-refractivity contribution in [3.8, 4) is 44.5 Å². The van der Waals surface area contributed by atoms with E-state index in [-0.39, 0.29) is 0 Å². The molecule has 0 aliphatic carbocycles. The van der Waals surface area contributed by atoms with Gasteiger partial charge in [-0.3, -0.25) is 0 Å². The molecule has 0 atom stereocenters. The van der Waals surface area contributed by atoms with Crippen molar-refractivity contribution in [1.29, 1.82) is 0 Å². The molecule has 3 nitrogen and oxygen atoms in total. The van der Waals surface area contributed by atoms with Crippen molar-refractivity contribution in [2.45, 2.75) is 12.8 Å². The lowest BCUT2D eigenvalue weighted by Crippen LogP contribution is -2.12. The minimum Gasteiger partial charge on any atom is -0.456 e. The molecule has 0 aliphatic heterocycles. The monoisotopic (exact) mass is 909 g/mol. The van der Waals surface area contributed by atoms with E-state index in [0.29, 0.717) is 0 Å². The predicted octanol–water partition coefficient (Wildman–Crippen LogP) is 18.8. The zero-order valence-electron chi connectivity index (χ0n) is 39.0. The van der Waals surface area contributed by atoms with Gasteiger partial charge in [0.05, 0.1) is 11.4 Å². The van der Waals surface area contributed by atoms with Crippen molar-refractivity contribution in [2.24, 2.45) is 0 Å². The van der Waals surface area contributed by atoms with Crippen LogP contribution >= 0.6 is 0 Å². The van der Waals surface area contributed by atoms with Gasteiger partial charge in [-0.25, -0.2) is 0 Å². The maximum atomic E-state index is 7.49. The Balaban J connectivity index is 1.06. The number of benzene rings is 11. The summed E-state index contributed by atoms with van der Waals surface area (Å²) in [5.41, 5.74) is 20.5. The van der Waals surface area contributed by atoms with Crippen molar-refractivity contribution in [3.05, 3.63) is 283 Å². The van der Waals surface area contributed by atoms with Gasteiger partial charge >= 0.3 is 0 Å². The largest absolute Gasteiger partial charge is 0.456 e. The van der Waals surface area contributed by atoms with Crippen molar-refractivity contribution in [3.63, 3.8) is 0 Å². The molecule has 2 heterocycles. The summed E-state index contributed by atoms with van der Waals surface area (Å²) in [6.07, 6.45) is 1.60. The first-order valence-electron chi connectivity index (χ1n) is 24.4. The average Bonchev–Trinajstić information content (AvgIpc) is 4.01. The molecule has 0 saturated heterocycles. The van der Waals surface area contributed by atoms with E-state index in [1.165, 1.54) is 38.9 Å². The van der Waals surface area contributed by atoms with Gasteiger partial charge < -0.3 is 13.7 Å². The third-order valence-electron chi connectivity index (χ3n) is 14.0. The lowest BCUT2D eigenvalue weighted by atomic mass is 9.89. The van der Waals surface area contributed by atoms with Gasteiger partial charge in [-0.2, -0.15) is 0 Å². The summed E-state index contributed by atoms with van der Waals surface area (Å²) in [6.45, 7) is 0. The summed E-state index contributed by atoms with van der Waals surface area (Å²) in [6, 6.07) is 93.5. The Kier molecular flexibility index (Phi) is 10.7. The number of anilines is 3. The van der Waals surface area contributed by atoms with Crippen molar-refractivity contribution < 1.29 is 8.83 Å². The first-order valence-corrected chi connectivity index (χ1v) is 24.4. The number of hydrogen-bond acceptors (Lipinski definition) is 3. The number of nitrogens with zero attached hydrogens (tertiary/aromatic N) is 1. The number of para-hydroxylation sites is 3. The Bertz CT molecular complexity index is 4020. The standard InChI is InChI=1S/C68H47NO2/c1-5-20-46(21-6-1)42-52-28-13-14-29-55(52)56-41-40-54(44-53(56)43-47-22-7-2-8-23-47)69(61-33-17-15-30-57(61)50-26-11-4-12-27-50)62-34-19-32-58-60-45-64-66(59-31-16-18-35-63(59)70-64)65(68(60)71-67(58)62)51-38-36-49(37-39-51)48-24-9-3-10-25-48/h1-41,44-45H,42-43H2. The molecular weight excluding hydrogens is 863 g/mol. The highest BCUT2D eigenvalue weighted by Gasteiger charge is 2.26. The number of furan rings is 2. The molecule has 3 heteroatoms. The van der Waals surface area contributed by atoms with Gasteiger partial charge in [-0.1, -0.05) is 224 Å². The average molecular weight is 910 g/mol. The van der Waals surface area contributed by atoms with E-state index in [0.717, 1.165) is 102 Å². The molecule has 0 radical (unpaired) electrons. The summed E-state index contributed by atoms with van der Waals surface area (Å²) in [7, 11) is 0. The van der Waals surface area contributed by atoms with Crippen molar-refractivity contribution >= 4 is 60.9 Å². The van der Waals surface area contributed by atoms with Crippen LogP contribution in [0, 0.1) is 0 Å². The van der Waals surface area contributed by atoms with E-state index in [1.807, 2.05) is 6.07 Å². The minimum absolute atomic E-state index is 0.756. The second kappa shape index (κ2) is 18.0. The first kappa shape index (κ1) is 42.0. The van der Waals surface area contributed by atoms with Gasteiger partial charge in [0.15, 0.2) is 5.58 Å². The molecule has 71 heavy (non-hydrogen) atoms. The Hall–Kier alpha value is -9.18. The molecule has 0 N–H and O–H groups in total. The second-order valence-corrected chi connectivity index (χ2v) is 18.3. The Morgan fingerprint density at radius 2 is 0.859 bits per heavy atom. The zero-order valence-corrected chi connectivity index (χ0v) is 39.0. The molecule has 13 aromatic rings. The van der Waals surface area contributed by atoms with Gasteiger partial charge in [-0.05, 0) is 105 Å². The van der Waals surface area contributed by atoms with Crippen molar-refractivity contribution in [2.75, 3.05) is 4.90 Å². The maximum absolute atomic E-state index is 7.49. The van der Waals surface area contributed by atoms with Crippen LogP contribution in [0.2, 0.25) is 0 Å². The molecule has 0 amide bonds. The van der Waals surface area contributed by atoms with Crippen LogP contribution < -0.4 is 4.90 Å². The highest BCUT2D eigenvalue weighted by Crippen LogP contribution is 2.50. The highest BCUT2D eigenvalue weighted by atomic mass is 16.3. The normalized spacial score (nSPS) is 11.5. The Morgan fingerprint density at radius 3 is 1.61 bits per heavy atom. The van der Waals surface area contributed by atoms with Gasteiger partial charge in [0.25, 0.3) is 0 Å².